The van der Waals surface area contributed by atoms with Gasteiger partial charge >= 0.3 is 5.97 Å². The maximum absolute atomic E-state index is 11.9. The van der Waals surface area contributed by atoms with Crippen LogP contribution < -0.4 is 10.6 Å². The Labute approximate surface area is 166 Å². The van der Waals surface area contributed by atoms with Gasteiger partial charge in [0.25, 0.3) is 0 Å². The number of anilines is 1. The first-order valence-corrected chi connectivity index (χ1v) is 9.87. The second-order valence-corrected chi connectivity index (χ2v) is 7.39. The predicted molar refractivity (Wildman–Crippen MR) is 113 cm³/mol. The lowest BCUT2D eigenvalue weighted by atomic mass is 9.85. The summed E-state index contributed by atoms with van der Waals surface area (Å²) >= 11 is 5.61. The lowest BCUT2D eigenvalue weighted by Gasteiger charge is -2.34. The Kier molecular flexibility index (Phi) is 6.11. The number of hydrogen-bond acceptors (Lipinski definition) is 3. The summed E-state index contributed by atoms with van der Waals surface area (Å²) in [5.41, 5.74) is 3.75. The summed E-state index contributed by atoms with van der Waals surface area (Å²) in [6.07, 6.45) is 4.48. The lowest BCUT2D eigenvalue weighted by Crippen LogP contribution is -2.46. The van der Waals surface area contributed by atoms with Crippen LogP contribution >= 0.6 is 12.2 Å². The van der Waals surface area contributed by atoms with Crippen LogP contribution in [0.4, 0.5) is 5.69 Å². The molecule has 4 nitrogen and oxygen atoms in total. The number of thiocarbonyl (C=S) groups is 1. The van der Waals surface area contributed by atoms with Crippen LogP contribution in [0.25, 0.3) is 0 Å². The van der Waals surface area contributed by atoms with Gasteiger partial charge in [-0.25, -0.2) is 4.79 Å². The summed E-state index contributed by atoms with van der Waals surface area (Å²) < 4.78 is 5.07. The number of benzene rings is 2. The monoisotopic (exact) mass is 382 g/mol. The van der Waals surface area contributed by atoms with Gasteiger partial charge in [-0.05, 0) is 68.2 Å². The molecule has 142 valence electrons. The molecule has 1 aliphatic carbocycles. The number of nitrogens with one attached hydrogen (secondary N) is 2. The van der Waals surface area contributed by atoms with Crippen molar-refractivity contribution < 1.29 is 9.53 Å². The molecule has 5 heteroatoms. The van der Waals surface area contributed by atoms with Gasteiger partial charge in [0.15, 0.2) is 5.11 Å². The zero-order valence-electron chi connectivity index (χ0n) is 15.9. The Morgan fingerprint density at radius 1 is 1.15 bits per heavy atom. The van der Waals surface area contributed by atoms with E-state index >= 15 is 0 Å². The van der Waals surface area contributed by atoms with Crippen LogP contribution in [0.3, 0.4) is 0 Å². The Morgan fingerprint density at radius 2 is 1.89 bits per heavy atom. The van der Waals surface area contributed by atoms with E-state index in [9.17, 15) is 4.79 Å². The van der Waals surface area contributed by atoms with Crippen LogP contribution in [-0.2, 0) is 10.3 Å². The number of ether oxygens (including phenoxy) is 1. The van der Waals surface area contributed by atoms with Gasteiger partial charge < -0.3 is 15.4 Å². The van der Waals surface area contributed by atoms with E-state index in [0.29, 0.717) is 17.3 Å². The Balaban J connectivity index is 1.75. The molecular weight excluding hydrogens is 356 g/mol. The van der Waals surface area contributed by atoms with Gasteiger partial charge in [0.1, 0.15) is 0 Å². The topological polar surface area (TPSA) is 50.4 Å². The quantitative estimate of drug-likeness (QED) is 0.567. The molecule has 1 saturated carbocycles. The third-order valence-corrected chi connectivity index (χ3v) is 5.31. The highest BCUT2D eigenvalue weighted by Crippen LogP contribution is 2.40. The first-order chi connectivity index (χ1) is 13.0. The van der Waals surface area contributed by atoms with Gasteiger partial charge in [0, 0.05) is 5.69 Å². The summed E-state index contributed by atoms with van der Waals surface area (Å²) in [5.74, 6) is -0.327. The average Bonchev–Trinajstić information content (AvgIpc) is 3.11. The van der Waals surface area contributed by atoms with Crippen molar-refractivity contribution in [2.45, 2.75) is 45.1 Å². The summed E-state index contributed by atoms with van der Waals surface area (Å²) in [7, 11) is 0. The summed E-state index contributed by atoms with van der Waals surface area (Å²) in [6.45, 7) is 4.30. The van der Waals surface area contributed by atoms with E-state index in [4.69, 9.17) is 17.0 Å². The van der Waals surface area contributed by atoms with Crippen LogP contribution in [0.2, 0.25) is 0 Å². The molecule has 0 atom stereocenters. The Bertz CT molecular complexity index is 829. The van der Waals surface area contributed by atoms with Crippen molar-refractivity contribution in [1.82, 2.24) is 5.32 Å². The highest BCUT2D eigenvalue weighted by molar-refractivity contribution is 7.80. The molecule has 0 aromatic heterocycles. The van der Waals surface area contributed by atoms with Crippen molar-refractivity contribution in [3.05, 3.63) is 65.2 Å². The third kappa shape index (κ3) is 4.48. The minimum Gasteiger partial charge on any atom is -0.462 e. The molecule has 0 aliphatic heterocycles. The summed E-state index contributed by atoms with van der Waals surface area (Å²) in [5, 5.41) is 7.38. The maximum Gasteiger partial charge on any atom is 0.338 e. The molecule has 2 N–H and O–H groups in total. The highest BCUT2D eigenvalue weighted by Gasteiger charge is 2.37. The minimum atomic E-state index is -0.327. The van der Waals surface area contributed by atoms with Crippen molar-refractivity contribution in [3.63, 3.8) is 0 Å². The van der Waals surface area contributed by atoms with E-state index in [-0.39, 0.29) is 11.5 Å². The van der Waals surface area contributed by atoms with Gasteiger partial charge in [-0.2, -0.15) is 0 Å². The van der Waals surface area contributed by atoms with Gasteiger partial charge in [-0.1, -0.05) is 43.2 Å². The number of esters is 1. The molecule has 2 aromatic carbocycles. The summed E-state index contributed by atoms with van der Waals surface area (Å²) in [4.78, 5) is 11.9. The molecule has 0 amide bonds. The van der Waals surface area contributed by atoms with Crippen molar-refractivity contribution in [2.24, 2.45) is 0 Å². The molecule has 0 unspecified atom stereocenters. The van der Waals surface area contributed by atoms with Gasteiger partial charge in [0.05, 0.1) is 17.7 Å². The zero-order valence-corrected chi connectivity index (χ0v) is 16.7. The van der Waals surface area contributed by atoms with E-state index in [2.05, 4.69) is 41.8 Å². The largest absolute Gasteiger partial charge is 0.462 e. The minimum absolute atomic E-state index is 0.131. The fourth-order valence-electron chi connectivity index (χ4n) is 3.87. The van der Waals surface area contributed by atoms with Crippen molar-refractivity contribution in [3.8, 4) is 0 Å². The average molecular weight is 383 g/mol. The van der Waals surface area contributed by atoms with Gasteiger partial charge in [0.2, 0.25) is 0 Å². The molecule has 0 saturated heterocycles. The predicted octanol–water partition coefficient (Wildman–Crippen LogP) is 4.93. The third-order valence-electron chi connectivity index (χ3n) is 5.10. The molecule has 27 heavy (non-hydrogen) atoms. The molecule has 0 bridgehead atoms. The van der Waals surface area contributed by atoms with E-state index < -0.39 is 0 Å². The van der Waals surface area contributed by atoms with Crippen LogP contribution in [0.5, 0.6) is 0 Å². The fraction of sp³-hybridized carbons (Fsp3) is 0.364. The zero-order chi connectivity index (χ0) is 19.3. The van der Waals surface area contributed by atoms with E-state index in [0.717, 1.165) is 18.5 Å². The summed E-state index contributed by atoms with van der Waals surface area (Å²) in [6, 6.07) is 15.7. The van der Waals surface area contributed by atoms with Crippen molar-refractivity contribution in [1.29, 1.82) is 0 Å². The lowest BCUT2D eigenvalue weighted by molar-refractivity contribution is 0.0526. The standard InChI is InChI=1S/C22H26N2O2S/c1-3-26-20(25)17-10-8-11-18(15-17)23-21(27)24-22(13-6-7-14-22)19-12-5-4-9-16(19)2/h4-5,8-12,15H,3,6-7,13-14H2,1-2H3,(H2,23,24,27). The molecule has 2 aromatic rings. The van der Waals surface area contributed by atoms with Gasteiger partial charge in [-0.3, -0.25) is 0 Å². The molecule has 1 fully saturated rings. The normalized spacial score (nSPS) is 15.2. The highest BCUT2D eigenvalue weighted by atomic mass is 32.1. The number of hydrogen-bond donors (Lipinski definition) is 2. The van der Waals surface area contributed by atoms with Gasteiger partial charge in [-0.15, -0.1) is 0 Å². The number of rotatable bonds is 5. The van der Waals surface area contributed by atoms with Crippen molar-refractivity contribution in [2.75, 3.05) is 11.9 Å². The van der Waals surface area contributed by atoms with E-state index in [1.54, 1.807) is 19.1 Å². The SMILES string of the molecule is CCOC(=O)c1cccc(NC(=S)NC2(c3ccccc3C)CCCC2)c1. The van der Waals surface area contributed by atoms with E-state index in [1.165, 1.54) is 24.0 Å². The van der Waals surface area contributed by atoms with Crippen LogP contribution in [0.1, 0.15) is 54.1 Å². The first kappa shape index (κ1) is 19.4. The van der Waals surface area contributed by atoms with Crippen LogP contribution in [0, 0.1) is 6.92 Å². The number of aryl methyl sites for hydroxylation is 1. The fourth-order valence-corrected chi connectivity index (χ4v) is 4.18. The Morgan fingerprint density at radius 3 is 2.59 bits per heavy atom. The Hall–Kier alpha value is -2.40. The number of carbonyl (C=O) groups excluding carboxylic acids is 1. The molecule has 1 aliphatic rings. The second kappa shape index (κ2) is 8.53. The maximum atomic E-state index is 11.9. The molecule has 3 rings (SSSR count). The second-order valence-electron chi connectivity index (χ2n) is 6.98. The first-order valence-electron chi connectivity index (χ1n) is 9.46. The van der Waals surface area contributed by atoms with Crippen molar-refractivity contribution >= 4 is 29.0 Å². The number of carbonyl (C=O) groups is 1. The molecule has 0 spiro atoms. The molecular formula is C22H26N2O2S. The van der Waals surface area contributed by atoms with Crippen LogP contribution in [0.15, 0.2) is 48.5 Å². The smallest absolute Gasteiger partial charge is 0.338 e. The van der Waals surface area contributed by atoms with E-state index in [1.807, 2.05) is 12.1 Å². The van der Waals surface area contributed by atoms with Crippen LogP contribution in [-0.4, -0.2) is 17.7 Å². The molecule has 0 radical (unpaired) electrons. The molecule has 0 heterocycles.